The van der Waals surface area contributed by atoms with Crippen LogP contribution in [-0.2, 0) is 0 Å². The van der Waals surface area contributed by atoms with Gasteiger partial charge in [0.25, 0.3) is 0 Å². The van der Waals surface area contributed by atoms with Crippen molar-refractivity contribution in [1.82, 2.24) is 10.6 Å². The number of nitrogens with one attached hydrogen (secondary N) is 2. The number of thioether (sulfide) groups is 2. The van der Waals surface area contributed by atoms with E-state index >= 15 is 0 Å². The first-order valence-electron chi connectivity index (χ1n) is 5.08. The summed E-state index contributed by atoms with van der Waals surface area (Å²) in [5.74, 6) is 3.87. The van der Waals surface area contributed by atoms with Gasteiger partial charge in [-0.1, -0.05) is 0 Å². The lowest BCUT2D eigenvalue weighted by Gasteiger charge is -2.22. The molecule has 14 heavy (non-hydrogen) atoms. The van der Waals surface area contributed by atoms with E-state index in [4.69, 9.17) is 12.2 Å². The molecule has 0 radical (unpaired) electrons. The Morgan fingerprint density at radius 1 is 1.36 bits per heavy atom. The van der Waals surface area contributed by atoms with Crippen molar-refractivity contribution in [2.75, 3.05) is 23.8 Å². The minimum absolute atomic E-state index is 0.670. The molecular formula is C9H16N2S3. The van der Waals surface area contributed by atoms with E-state index in [1.54, 1.807) is 0 Å². The molecule has 2 nitrogen and oxygen atoms in total. The van der Waals surface area contributed by atoms with Crippen LogP contribution >= 0.6 is 35.7 Å². The second-order valence-corrected chi connectivity index (χ2v) is 6.66. The van der Waals surface area contributed by atoms with Gasteiger partial charge in [0, 0.05) is 35.1 Å². The molecule has 1 aliphatic heterocycles. The fourth-order valence-corrected chi connectivity index (χ4v) is 4.19. The topological polar surface area (TPSA) is 24.1 Å². The van der Waals surface area contributed by atoms with Crippen molar-refractivity contribution in [3.63, 3.8) is 0 Å². The Morgan fingerprint density at radius 2 is 2.21 bits per heavy atom. The average Bonchev–Trinajstić information content (AvgIpc) is 3.00. The lowest BCUT2D eigenvalue weighted by atomic mass is 10.5. The lowest BCUT2D eigenvalue weighted by molar-refractivity contribution is 0.809. The molecule has 5 heteroatoms. The standard InChI is InChI=1S/C9H16N2S3/c12-9(11-7-1-2-7)10-5-8-6-13-3-4-14-8/h7-8H,1-6H2,(H2,10,11,12). The average molecular weight is 248 g/mol. The number of thiocarbonyl (C=S) groups is 1. The smallest absolute Gasteiger partial charge is 0.166 e. The van der Waals surface area contributed by atoms with E-state index in [2.05, 4.69) is 34.2 Å². The summed E-state index contributed by atoms with van der Waals surface area (Å²) >= 11 is 9.33. The monoisotopic (exact) mass is 248 g/mol. The first kappa shape index (κ1) is 10.9. The Labute approximate surface area is 99.4 Å². The third kappa shape index (κ3) is 3.87. The Bertz CT molecular complexity index is 200. The Balaban J connectivity index is 1.57. The van der Waals surface area contributed by atoms with Crippen molar-refractivity contribution in [2.45, 2.75) is 24.1 Å². The van der Waals surface area contributed by atoms with Gasteiger partial charge in [0.2, 0.25) is 0 Å². The third-order valence-corrected chi connectivity index (χ3v) is 5.39. The SMILES string of the molecule is S=C(NCC1CSCCS1)NC1CC1. The Morgan fingerprint density at radius 3 is 2.86 bits per heavy atom. The van der Waals surface area contributed by atoms with Crippen molar-refractivity contribution in [3.05, 3.63) is 0 Å². The molecule has 0 aromatic carbocycles. The normalized spacial score (nSPS) is 27.0. The molecule has 1 saturated heterocycles. The number of hydrogen-bond donors (Lipinski definition) is 2. The van der Waals surface area contributed by atoms with Crippen LogP contribution in [0.2, 0.25) is 0 Å². The molecule has 80 valence electrons. The van der Waals surface area contributed by atoms with Crippen LogP contribution in [0.1, 0.15) is 12.8 Å². The first-order chi connectivity index (χ1) is 6.84. The molecule has 0 aromatic heterocycles. The van der Waals surface area contributed by atoms with Gasteiger partial charge in [-0.2, -0.15) is 23.5 Å². The van der Waals surface area contributed by atoms with E-state index in [-0.39, 0.29) is 0 Å². The van der Waals surface area contributed by atoms with Crippen molar-refractivity contribution >= 4 is 40.9 Å². The molecule has 1 aliphatic carbocycles. The molecule has 0 aromatic rings. The summed E-state index contributed by atoms with van der Waals surface area (Å²) in [5.41, 5.74) is 0. The van der Waals surface area contributed by atoms with E-state index in [9.17, 15) is 0 Å². The van der Waals surface area contributed by atoms with E-state index in [1.165, 1.54) is 30.1 Å². The zero-order chi connectivity index (χ0) is 9.80. The zero-order valence-corrected chi connectivity index (χ0v) is 10.6. The Hall–Kier alpha value is 0.390. The van der Waals surface area contributed by atoms with E-state index in [1.807, 2.05) is 0 Å². The lowest BCUT2D eigenvalue weighted by Crippen LogP contribution is -2.40. The molecular weight excluding hydrogens is 232 g/mol. The van der Waals surface area contributed by atoms with E-state index < -0.39 is 0 Å². The maximum Gasteiger partial charge on any atom is 0.166 e. The van der Waals surface area contributed by atoms with Crippen LogP contribution in [0, 0.1) is 0 Å². The second-order valence-electron chi connectivity index (χ2n) is 3.70. The molecule has 0 spiro atoms. The first-order valence-corrected chi connectivity index (χ1v) is 7.69. The molecule has 0 bridgehead atoms. The van der Waals surface area contributed by atoms with Gasteiger partial charge in [-0.3, -0.25) is 0 Å². The highest BCUT2D eigenvalue weighted by Crippen LogP contribution is 2.23. The van der Waals surface area contributed by atoms with Crippen LogP contribution in [0.15, 0.2) is 0 Å². The fourth-order valence-electron chi connectivity index (χ4n) is 1.33. The largest absolute Gasteiger partial charge is 0.362 e. The second kappa shape index (κ2) is 5.47. The molecule has 0 amide bonds. The highest BCUT2D eigenvalue weighted by Gasteiger charge is 2.22. The molecule has 1 unspecified atom stereocenters. The van der Waals surface area contributed by atoms with Crippen LogP contribution in [0.25, 0.3) is 0 Å². The summed E-state index contributed by atoms with van der Waals surface area (Å²) < 4.78 is 0. The van der Waals surface area contributed by atoms with Crippen LogP contribution in [0.3, 0.4) is 0 Å². The van der Waals surface area contributed by atoms with Crippen molar-refractivity contribution in [1.29, 1.82) is 0 Å². The maximum atomic E-state index is 5.20. The van der Waals surface area contributed by atoms with E-state index in [0.717, 1.165) is 16.9 Å². The summed E-state index contributed by atoms with van der Waals surface area (Å²) in [6.07, 6.45) is 2.58. The minimum Gasteiger partial charge on any atom is -0.362 e. The summed E-state index contributed by atoms with van der Waals surface area (Å²) in [7, 11) is 0. The zero-order valence-electron chi connectivity index (χ0n) is 8.12. The van der Waals surface area contributed by atoms with Gasteiger partial charge in [-0.25, -0.2) is 0 Å². The summed E-state index contributed by atoms with van der Waals surface area (Å²) in [5, 5.41) is 8.20. The van der Waals surface area contributed by atoms with Gasteiger partial charge in [-0.05, 0) is 25.1 Å². The summed E-state index contributed by atoms with van der Waals surface area (Å²) in [6, 6.07) is 0.670. The van der Waals surface area contributed by atoms with E-state index in [0.29, 0.717) is 6.04 Å². The highest BCUT2D eigenvalue weighted by molar-refractivity contribution is 8.06. The van der Waals surface area contributed by atoms with Crippen LogP contribution in [-0.4, -0.2) is 40.2 Å². The molecule has 2 N–H and O–H groups in total. The summed E-state index contributed by atoms with van der Waals surface area (Å²) in [4.78, 5) is 0. The van der Waals surface area contributed by atoms with Crippen molar-refractivity contribution < 1.29 is 0 Å². The van der Waals surface area contributed by atoms with Crippen LogP contribution in [0.5, 0.6) is 0 Å². The minimum atomic E-state index is 0.670. The molecule has 2 aliphatic rings. The predicted octanol–water partition coefficient (Wildman–Crippen LogP) is 1.46. The van der Waals surface area contributed by atoms with Crippen molar-refractivity contribution in [2.24, 2.45) is 0 Å². The van der Waals surface area contributed by atoms with Crippen LogP contribution < -0.4 is 10.6 Å². The van der Waals surface area contributed by atoms with Gasteiger partial charge >= 0.3 is 0 Å². The van der Waals surface area contributed by atoms with Crippen molar-refractivity contribution in [3.8, 4) is 0 Å². The fraction of sp³-hybridized carbons (Fsp3) is 0.889. The summed E-state index contributed by atoms with van der Waals surface area (Å²) in [6.45, 7) is 1.02. The van der Waals surface area contributed by atoms with Gasteiger partial charge in [0.05, 0.1) is 0 Å². The van der Waals surface area contributed by atoms with Gasteiger partial charge < -0.3 is 10.6 Å². The molecule has 1 atom stereocenters. The number of hydrogen-bond acceptors (Lipinski definition) is 3. The molecule has 1 saturated carbocycles. The number of rotatable bonds is 3. The van der Waals surface area contributed by atoms with Gasteiger partial charge in [-0.15, -0.1) is 0 Å². The quantitative estimate of drug-likeness (QED) is 0.737. The third-order valence-electron chi connectivity index (χ3n) is 2.29. The molecule has 2 rings (SSSR count). The van der Waals surface area contributed by atoms with Crippen LogP contribution in [0.4, 0.5) is 0 Å². The van der Waals surface area contributed by atoms with Gasteiger partial charge in [0.15, 0.2) is 5.11 Å². The Kier molecular flexibility index (Phi) is 4.25. The molecule has 2 fully saturated rings. The predicted molar refractivity (Wildman–Crippen MR) is 70.3 cm³/mol. The highest BCUT2D eigenvalue weighted by atomic mass is 32.2. The van der Waals surface area contributed by atoms with Gasteiger partial charge in [0.1, 0.15) is 0 Å². The maximum absolute atomic E-state index is 5.20. The molecule has 1 heterocycles.